The molecule has 1 aromatic carbocycles. The standard InChI is InChI=1S/C21H27N3O4S/c1-3-12-24-19(26)15-9-5-6-10-16(15)22-21(24)29-14-18(25)23-13-8-7-11-17(23)20(27)28-4-2/h5-6,9-10,17H,3-4,7-8,11-14H2,1-2H3/t17-/m0/s1. The van der Waals surface area contributed by atoms with Gasteiger partial charge in [0.2, 0.25) is 5.91 Å². The molecule has 0 unspecified atom stereocenters. The molecule has 0 radical (unpaired) electrons. The maximum Gasteiger partial charge on any atom is 0.328 e. The van der Waals surface area contributed by atoms with Gasteiger partial charge in [-0.2, -0.15) is 0 Å². The Morgan fingerprint density at radius 3 is 2.79 bits per heavy atom. The molecule has 3 rings (SSSR count). The first kappa shape index (κ1) is 21.4. The van der Waals surface area contributed by atoms with Crippen LogP contribution in [-0.2, 0) is 20.9 Å². The molecule has 7 nitrogen and oxygen atoms in total. The molecule has 0 saturated carbocycles. The molecular weight excluding hydrogens is 390 g/mol. The molecule has 1 saturated heterocycles. The number of para-hydroxylation sites is 1. The third kappa shape index (κ3) is 4.80. The van der Waals surface area contributed by atoms with Gasteiger partial charge in [-0.15, -0.1) is 0 Å². The van der Waals surface area contributed by atoms with Gasteiger partial charge in [0.25, 0.3) is 5.56 Å². The van der Waals surface area contributed by atoms with Crippen molar-refractivity contribution < 1.29 is 14.3 Å². The predicted molar refractivity (Wildman–Crippen MR) is 113 cm³/mol. The van der Waals surface area contributed by atoms with E-state index in [-0.39, 0.29) is 23.2 Å². The number of carbonyl (C=O) groups is 2. The van der Waals surface area contributed by atoms with E-state index in [0.29, 0.717) is 42.2 Å². The molecule has 0 spiro atoms. The Morgan fingerprint density at radius 1 is 1.24 bits per heavy atom. The number of ether oxygens (including phenoxy) is 1. The van der Waals surface area contributed by atoms with Gasteiger partial charge in [-0.05, 0) is 44.7 Å². The number of hydrogen-bond donors (Lipinski definition) is 0. The molecule has 8 heteroatoms. The number of rotatable bonds is 7. The second kappa shape index (κ2) is 9.91. The minimum absolute atomic E-state index is 0.0882. The van der Waals surface area contributed by atoms with Crippen molar-refractivity contribution in [1.29, 1.82) is 0 Å². The molecule has 156 valence electrons. The summed E-state index contributed by atoms with van der Waals surface area (Å²) in [5.41, 5.74) is 0.539. The first-order valence-electron chi connectivity index (χ1n) is 10.1. The van der Waals surface area contributed by atoms with Crippen molar-refractivity contribution in [2.24, 2.45) is 0 Å². The Bertz CT molecular complexity index is 943. The highest BCUT2D eigenvalue weighted by atomic mass is 32.2. The second-order valence-electron chi connectivity index (χ2n) is 7.01. The topological polar surface area (TPSA) is 81.5 Å². The van der Waals surface area contributed by atoms with Crippen molar-refractivity contribution in [1.82, 2.24) is 14.5 Å². The van der Waals surface area contributed by atoms with E-state index in [1.807, 2.05) is 19.1 Å². The first-order chi connectivity index (χ1) is 14.1. The first-order valence-corrected chi connectivity index (χ1v) is 11.1. The Morgan fingerprint density at radius 2 is 2.03 bits per heavy atom. The summed E-state index contributed by atoms with van der Waals surface area (Å²) in [6.45, 7) is 5.16. The number of fused-ring (bicyclic) bond motifs is 1. The smallest absolute Gasteiger partial charge is 0.328 e. The van der Waals surface area contributed by atoms with Gasteiger partial charge in [0.05, 0.1) is 23.3 Å². The number of thioether (sulfide) groups is 1. The van der Waals surface area contributed by atoms with Crippen LogP contribution in [-0.4, -0.2) is 51.3 Å². The number of nitrogens with zero attached hydrogens (tertiary/aromatic N) is 3. The molecule has 1 atom stereocenters. The molecule has 0 aliphatic carbocycles. The van der Waals surface area contributed by atoms with E-state index < -0.39 is 6.04 Å². The number of piperidine rings is 1. The van der Waals surface area contributed by atoms with Crippen LogP contribution in [0.5, 0.6) is 0 Å². The summed E-state index contributed by atoms with van der Waals surface area (Å²) < 4.78 is 6.78. The van der Waals surface area contributed by atoms with Crippen LogP contribution in [0.25, 0.3) is 10.9 Å². The van der Waals surface area contributed by atoms with Crippen molar-refractivity contribution in [3.05, 3.63) is 34.6 Å². The van der Waals surface area contributed by atoms with Gasteiger partial charge in [0.1, 0.15) is 6.04 Å². The lowest BCUT2D eigenvalue weighted by atomic mass is 10.0. The summed E-state index contributed by atoms with van der Waals surface area (Å²) in [6.07, 6.45) is 3.20. The van der Waals surface area contributed by atoms with Crippen molar-refractivity contribution in [2.45, 2.75) is 57.3 Å². The van der Waals surface area contributed by atoms with Gasteiger partial charge in [0, 0.05) is 13.1 Å². The zero-order chi connectivity index (χ0) is 20.8. The number of benzene rings is 1. The molecule has 1 amide bonds. The van der Waals surface area contributed by atoms with Crippen LogP contribution in [0.1, 0.15) is 39.5 Å². The van der Waals surface area contributed by atoms with Crippen LogP contribution >= 0.6 is 11.8 Å². The van der Waals surface area contributed by atoms with E-state index in [0.717, 1.165) is 19.3 Å². The number of hydrogen-bond acceptors (Lipinski definition) is 6. The fraction of sp³-hybridized carbons (Fsp3) is 0.524. The monoisotopic (exact) mass is 417 g/mol. The van der Waals surface area contributed by atoms with Gasteiger partial charge in [0.15, 0.2) is 5.16 Å². The third-order valence-corrected chi connectivity index (χ3v) is 5.94. The van der Waals surface area contributed by atoms with Crippen LogP contribution in [0.4, 0.5) is 0 Å². The summed E-state index contributed by atoms with van der Waals surface area (Å²) in [4.78, 5) is 44.2. The highest BCUT2D eigenvalue weighted by molar-refractivity contribution is 7.99. The SMILES string of the molecule is CCCn1c(SCC(=O)N2CCCC[C@H]2C(=O)OCC)nc2ccccc2c1=O. The molecule has 1 aliphatic rings. The van der Waals surface area contributed by atoms with Gasteiger partial charge in [-0.1, -0.05) is 30.8 Å². The number of aromatic nitrogens is 2. The van der Waals surface area contributed by atoms with Crippen LogP contribution in [0.3, 0.4) is 0 Å². The molecule has 1 aliphatic heterocycles. The van der Waals surface area contributed by atoms with Crippen molar-refractivity contribution >= 4 is 34.5 Å². The Kier molecular flexibility index (Phi) is 7.30. The molecular formula is C21H27N3O4S. The highest BCUT2D eigenvalue weighted by Gasteiger charge is 2.33. The second-order valence-corrected chi connectivity index (χ2v) is 7.95. The largest absolute Gasteiger partial charge is 0.464 e. The molecule has 1 fully saturated rings. The fourth-order valence-electron chi connectivity index (χ4n) is 3.60. The molecule has 0 N–H and O–H groups in total. The molecule has 2 aromatic rings. The maximum absolute atomic E-state index is 12.9. The van der Waals surface area contributed by atoms with Crippen molar-refractivity contribution in [3.8, 4) is 0 Å². The van der Waals surface area contributed by atoms with Gasteiger partial charge < -0.3 is 9.64 Å². The fourth-order valence-corrected chi connectivity index (χ4v) is 4.51. The summed E-state index contributed by atoms with van der Waals surface area (Å²) in [7, 11) is 0. The summed E-state index contributed by atoms with van der Waals surface area (Å²) >= 11 is 1.25. The lowest BCUT2D eigenvalue weighted by Crippen LogP contribution is -2.49. The van der Waals surface area contributed by atoms with Crippen molar-refractivity contribution in [3.63, 3.8) is 0 Å². The summed E-state index contributed by atoms with van der Waals surface area (Å²) in [5.74, 6) is -0.333. The minimum atomic E-state index is -0.515. The predicted octanol–water partition coefficient (Wildman–Crippen LogP) is 2.84. The van der Waals surface area contributed by atoms with E-state index in [1.165, 1.54) is 11.8 Å². The van der Waals surface area contributed by atoms with Gasteiger partial charge in [-0.25, -0.2) is 9.78 Å². The zero-order valence-electron chi connectivity index (χ0n) is 16.9. The Labute approximate surface area is 174 Å². The lowest BCUT2D eigenvalue weighted by Gasteiger charge is -2.34. The number of likely N-dealkylation sites (tertiary alicyclic amines) is 1. The summed E-state index contributed by atoms with van der Waals surface area (Å²) in [5, 5.41) is 1.11. The van der Waals surface area contributed by atoms with E-state index in [4.69, 9.17) is 4.74 Å². The summed E-state index contributed by atoms with van der Waals surface area (Å²) in [6, 6.07) is 6.73. The highest BCUT2D eigenvalue weighted by Crippen LogP contribution is 2.23. The van der Waals surface area contributed by atoms with Gasteiger partial charge in [-0.3, -0.25) is 14.2 Å². The third-order valence-electron chi connectivity index (χ3n) is 4.98. The van der Waals surface area contributed by atoms with Crippen LogP contribution < -0.4 is 5.56 Å². The van der Waals surface area contributed by atoms with Crippen LogP contribution in [0, 0.1) is 0 Å². The lowest BCUT2D eigenvalue weighted by molar-refractivity contribution is -0.155. The van der Waals surface area contributed by atoms with E-state index in [9.17, 15) is 14.4 Å². The van der Waals surface area contributed by atoms with E-state index >= 15 is 0 Å². The molecule has 0 bridgehead atoms. The van der Waals surface area contributed by atoms with E-state index in [1.54, 1.807) is 28.5 Å². The zero-order valence-corrected chi connectivity index (χ0v) is 17.7. The molecule has 1 aromatic heterocycles. The van der Waals surface area contributed by atoms with E-state index in [2.05, 4.69) is 4.98 Å². The molecule has 2 heterocycles. The average Bonchev–Trinajstić information content (AvgIpc) is 2.74. The van der Waals surface area contributed by atoms with Crippen molar-refractivity contribution in [2.75, 3.05) is 18.9 Å². The maximum atomic E-state index is 12.9. The van der Waals surface area contributed by atoms with Crippen LogP contribution in [0.15, 0.2) is 34.2 Å². The Balaban J connectivity index is 1.80. The quantitative estimate of drug-likeness (QED) is 0.391. The Hall–Kier alpha value is -2.35. The number of esters is 1. The van der Waals surface area contributed by atoms with Gasteiger partial charge >= 0.3 is 5.97 Å². The number of amides is 1. The number of carbonyl (C=O) groups excluding carboxylic acids is 2. The molecule has 29 heavy (non-hydrogen) atoms. The normalized spacial score (nSPS) is 16.8. The minimum Gasteiger partial charge on any atom is -0.464 e. The average molecular weight is 418 g/mol. The van der Waals surface area contributed by atoms with Crippen LogP contribution in [0.2, 0.25) is 0 Å².